The highest BCUT2D eigenvalue weighted by molar-refractivity contribution is 7.17. The van der Waals surface area contributed by atoms with E-state index in [1.165, 1.54) is 15.8 Å². The Morgan fingerprint density at radius 3 is 2.60 bits per heavy atom. The fraction of sp³-hybridized carbons (Fsp3) is 0.538. The highest BCUT2D eigenvalue weighted by Crippen LogP contribution is 2.32. The maximum atomic E-state index is 13.4. The van der Waals surface area contributed by atoms with Gasteiger partial charge < -0.3 is 35.0 Å². The zero-order chi connectivity index (χ0) is 37.1. The molecule has 3 aromatic rings. The lowest BCUT2D eigenvalue weighted by Gasteiger charge is -2.42. The molecule has 0 spiro atoms. The number of carbonyl (C=O) groups is 4. The van der Waals surface area contributed by atoms with Crippen molar-refractivity contribution in [1.29, 1.82) is 0 Å². The first-order valence-electron chi connectivity index (χ1n) is 18.4. The van der Waals surface area contributed by atoms with Crippen LogP contribution in [0.5, 0.6) is 5.75 Å². The van der Waals surface area contributed by atoms with Crippen molar-refractivity contribution in [3.05, 3.63) is 59.0 Å². The number of hydrogen-bond acceptors (Lipinski definition) is 9. The maximum Gasteiger partial charge on any atom is 0.407 e. The summed E-state index contributed by atoms with van der Waals surface area (Å²) < 4.78 is 12.5. The number of piperazine rings is 1. The monoisotopic (exact) mass is 735 g/mol. The van der Waals surface area contributed by atoms with E-state index in [-0.39, 0.29) is 24.3 Å². The highest BCUT2D eigenvalue weighted by atomic mass is 32.1. The van der Waals surface area contributed by atoms with Crippen LogP contribution in [0.4, 0.5) is 10.5 Å². The van der Waals surface area contributed by atoms with Gasteiger partial charge in [0.05, 0.1) is 13.0 Å². The topological polar surface area (TPSA) is 141 Å². The minimum absolute atomic E-state index is 0.0250. The Kier molecular flexibility index (Phi) is 13.8. The lowest BCUT2D eigenvalue weighted by molar-refractivity contribution is -0.138. The molecular formula is C39H53N5O7S. The molecule has 2 aliphatic rings. The Labute approximate surface area is 310 Å². The van der Waals surface area contributed by atoms with Gasteiger partial charge in [0.2, 0.25) is 5.91 Å². The van der Waals surface area contributed by atoms with Crippen LogP contribution in [0.1, 0.15) is 75.2 Å². The van der Waals surface area contributed by atoms with E-state index in [2.05, 4.69) is 50.1 Å². The Hall–Kier alpha value is -4.36. The predicted octanol–water partition coefficient (Wildman–Crippen LogP) is 5.54. The molecule has 3 N–H and O–H groups in total. The lowest BCUT2D eigenvalue weighted by Crippen LogP contribution is -2.54. The number of anilines is 1. The molecule has 2 aliphatic heterocycles. The molecule has 282 valence electrons. The van der Waals surface area contributed by atoms with E-state index in [1.54, 1.807) is 11.3 Å². The summed E-state index contributed by atoms with van der Waals surface area (Å²) in [5.41, 5.74) is 2.29. The fourth-order valence-electron chi connectivity index (χ4n) is 6.82. The number of nitrogens with one attached hydrogen (secondary N) is 2. The normalized spacial score (nSPS) is 16.4. The van der Waals surface area contributed by atoms with Crippen molar-refractivity contribution < 1.29 is 33.8 Å². The van der Waals surface area contributed by atoms with Gasteiger partial charge in [-0.05, 0) is 94.2 Å². The van der Waals surface area contributed by atoms with Crippen molar-refractivity contribution in [2.24, 2.45) is 0 Å². The minimum Gasteiger partial charge on any atom is -0.494 e. The molecule has 1 unspecified atom stereocenters. The van der Waals surface area contributed by atoms with Gasteiger partial charge in [-0.1, -0.05) is 12.1 Å². The number of aliphatic carboxylic acids is 1. The Morgan fingerprint density at radius 2 is 1.79 bits per heavy atom. The van der Waals surface area contributed by atoms with Crippen LogP contribution in [-0.2, 0) is 20.7 Å². The van der Waals surface area contributed by atoms with Gasteiger partial charge in [-0.3, -0.25) is 19.3 Å². The van der Waals surface area contributed by atoms with Crippen LogP contribution in [-0.4, -0.2) is 109 Å². The van der Waals surface area contributed by atoms with Gasteiger partial charge in [0.15, 0.2) is 0 Å². The third kappa shape index (κ3) is 11.3. The Bertz CT molecular complexity index is 1690. The van der Waals surface area contributed by atoms with E-state index in [9.17, 15) is 24.3 Å². The Balaban J connectivity index is 1.00. The SMILES string of the molecule is CC(C)(C)OC(=O)NCCCCC(=O)NCCCN1CCc2ccc(OCCCN3CCN(c4cccc5sccc45)CC3CC(=O)O)cc2C1=O. The second-order valence-corrected chi connectivity index (χ2v) is 15.4. The number of rotatable bonds is 17. The second kappa shape index (κ2) is 18.4. The van der Waals surface area contributed by atoms with Crippen molar-refractivity contribution in [3.63, 3.8) is 0 Å². The van der Waals surface area contributed by atoms with Crippen LogP contribution in [0, 0.1) is 0 Å². The number of carboxylic acid groups (broad SMARTS) is 1. The number of ether oxygens (including phenoxy) is 2. The summed E-state index contributed by atoms with van der Waals surface area (Å²) in [6.07, 6.45) is 3.51. The van der Waals surface area contributed by atoms with E-state index in [1.807, 2.05) is 43.9 Å². The summed E-state index contributed by atoms with van der Waals surface area (Å²) in [7, 11) is 0. The van der Waals surface area contributed by atoms with Gasteiger partial charge in [-0.2, -0.15) is 0 Å². The number of nitrogens with zero attached hydrogens (tertiary/aromatic N) is 3. The smallest absolute Gasteiger partial charge is 0.407 e. The molecule has 3 heterocycles. The first-order valence-corrected chi connectivity index (χ1v) is 19.3. The molecule has 1 aromatic heterocycles. The zero-order valence-electron chi connectivity index (χ0n) is 30.7. The van der Waals surface area contributed by atoms with Gasteiger partial charge in [-0.25, -0.2) is 4.79 Å². The number of unbranched alkanes of at least 4 members (excludes halogenated alkanes) is 1. The van der Waals surface area contributed by atoms with E-state index in [0.717, 1.165) is 38.0 Å². The number of fused-ring (bicyclic) bond motifs is 2. The van der Waals surface area contributed by atoms with Gasteiger partial charge in [0.1, 0.15) is 11.4 Å². The van der Waals surface area contributed by atoms with Crippen molar-refractivity contribution in [3.8, 4) is 5.75 Å². The fourth-order valence-corrected chi connectivity index (χ4v) is 7.62. The van der Waals surface area contributed by atoms with Crippen LogP contribution in [0.15, 0.2) is 47.8 Å². The number of benzene rings is 2. The lowest BCUT2D eigenvalue weighted by atomic mass is 9.98. The summed E-state index contributed by atoms with van der Waals surface area (Å²) in [6, 6.07) is 14.1. The van der Waals surface area contributed by atoms with Crippen LogP contribution in [0.3, 0.4) is 0 Å². The quantitative estimate of drug-likeness (QED) is 0.153. The number of carboxylic acids is 1. The minimum atomic E-state index is -0.794. The van der Waals surface area contributed by atoms with Crippen LogP contribution >= 0.6 is 11.3 Å². The van der Waals surface area contributed by atoms with E-state index in [4.69, 9.17) is 9.47 Å². The molecule has 52 heavy (non-hydrogen) atoms. The average molecular weight is 736 g/mol. The maximum absolute atomic E-state index is 13.4. The van der Waals surface area contributed by atoms with Gasteiger partial charge in [-0.15, -0.1) is 11.3 Å². The van der Waals surface area contributed by atoms with Crippen molar-refractivity contribution in [1.82, 2.24) is 20.4 Å². The first-order chi connectivity index (χ1) is 25.0. The van der Waals surface area contributed by atoms with Crippen molar-refractivity contribution >= 4 is 51.0 Å². The highest BCUT2D eigenvalue weighted by Gasteiger charge is 2.30. The molecular weight excluding hydrogens is 683 g/mol. The van der Waals surface area contributed by atoms with Crippen LogP contribution in [0.2, 0.25) is 0 Å². The molecule has 0 saturated carbocycles. The molecule has 12 nitrogen and oxygen atoms in total. The van der Waals surface area contributed by atoms with Crippen LogP contribution < -0.4 is 20.3 Å². The first kappa shape index (κ1) is 38.9. The third-order valence-corrected chi connectivity index (χ3v) is 10.2. The number of alkyl carbamates (subject to hydrolysis) is 1. The van der Waals surface area contributed by atoms with E-state index in [0.29, 0.717) is 76.3 Å². The molecule has 1 fully saturated rings. The average Bonchev–Trinajstić information content (AvgIpc) is 3.58. The van der Waals surface area contributed by atoms with Gasteiger partial charge >= 0.3 is 12.1 Å². The summed E-state index contributed by atoms with van der Waals surface area (Å²) in [4.78, 5) is 55.5. The van der Waals surface area contributed by atoms with Crippen LogP contribution in [0.25, 0.3) is 10.1 Å². The largest absolute Gasteiger partial charge is 0.494 e. The summed E-state index contributed by atoms with van der Waals surface area (Å²) in [5, 5.41) is 18.6. The molecule has 0 aliphatic carbocycles. The molecule has 0 bridgehead atoms. The molecule has 13 heteroatoms. The number of amides is 3. The van der Waals surface area contributed by atoms with Gasteiger partial charge in [0, 0.05) is 86.2 Å². The molecule has 3 amide bonds. The molecule has 0 radical (unpaired) electrons. The van der Waals surface area contributed by atoms with Crippen molar-refractivity contribution in [2.75, 3.05) is 63.9 Å². The standard InChI is InChI=1S/C39H53N5O7S/c1-39(2,3)51-38(49)41-16-5-4-11-35(45)40-17-7-18-43-20-14-28-12-13-30(26-32(28)37(43)48)50-23-8-19-42-21-22-44(27-29(42)25-36(46)47)33-9-6-10-34-31(33)15-24-52-34/h6,9-10,12-13,15,24,26,29H,4-5,7-8,11,14,16-23,25,27H2,1-3H3,(H,40,45)(H,41,49)(H,46,47). The van der Waals surface area contributed by atoms with Gasteiger partial charge in [0.25, 0.3) is 5.91 Å². The molecule has 5 rings (SSSR count). The zero-order valence-corrected chi connectivity index (χ0v) is 31.5. The third-order valence-electron chi connectivity index (χ3n) is 9.36. The molecule has 1 saturated heterocycles. The number of hydrogen-bond donors (Lipinski definition) is 3. The summed E-state index contributed by atoms with van der Waals surface area (Å²) >= 11 is 1.72. The van der Waals surface area contributed by atoms with Crippen molar-refractivity contribution in [2.45, 2.75) is 77.4 Å². The Morgan fingerprint density at radius 1 is 0.962 bits per heavy atom. The summed E-state index contributed by atoms with van der Waals surface area (Å²) in [6.45, 7) is 11.0. The number of carbonyl (C=O) groups excluding carboxylic acids is 3. The predicted molar refractivity (Wildman–Crippen MR) is 204 cm³/mol. The van der Waals surface area contributed by atoms with E-state index < -0.39 is 17.7 Å². The molecule has 1 atom stereocenters. The summed E-state index contributed by atoms with van der Waals surface area (Å²) in [5.74, 6) is -0.208. The number of thiophene rings is 1. The van der Waals surface area contributed by atoms with E-state index >= 15 is 0 Å². The molecule has 2 aromatic carbocycles. The second-order valence-electron chi connectivity index (χ2n) is 14.5.